The van der Waals surface area contributed by atoms with Crippen LogP contribution in [0.2, 0.25) is 0 Å². The maximum Gasteiger partial charge on any atom is 0.261 e. The lowest BCUT2D eigenvalue weighted by Gasteiger charge is -2.28. The van der Waals surface area contributed by atoms with E-state index in [2.05, 4.69) is 4.72 Å². The van der Waals surface area contributed by atoms with Crippen LogP contribution in [0.1, 0.15) is 23.6 Å². The number of rotatable bonds is 3. The number of fused-ring (bicyclic) bond motifs is 1. The zero-order chi connectivity index (χ0) is 19.1. The molecule has 0 unspecified atom stereocenters. The number of carbonyl (C=O) groups excluding carboxylic acids is 1. The molecule has 0 spiro atoms. The van der Waals surface area contributed by atoms with Gasteiger partial charge in [0.15, 0.2) is 0 Å². The van der Waals surface area contributed by atoms with Crippen molar-refractivity contribution >= 4 is 39.1 Å². The van der Waals surface area contributed by atoms with Crippen LogP contribution in [-0.4, -0.2) is 26.6 Å². The monoisotopic (exact) mass is 390 g/mol. The SMILES string of the molecule is CC(=O)N1CCSc2ccc(S(=O)(=O)Nc3c(C)cc(C)cc3C)cc21. The number of carbonyl (C=O) groups is 1. The number of amides is 1. The molecule has 1 amide bonds. The van der Waals surface area contributed by atoms with Crippen LogP contribution in [0.25, 0.3) is 0 Å². The average Bonchev–Trinajstić information content (AvgIpc) is 2.57. The lowest BCUT2D eigenvalue weighted by atomic mass is 10.1. The number of sulfonamides is 1. The highest BCUT2D eigenvalue weighted by Gasteiger charge is 2.24. The summed E-state index contributed by atoms with van der Waals surface area (Å²) >= 11 is 1.63. The first-order valence-electron chi connectivity index (χ1n) is 8.34. The molecule has 3 rings (SSSR count). The molecule has 26 heavy (non-hydrogen) atoms. The maximum absolute atomic E-state index is 12.9. The van der Waals surface area contributed by atoms with Crippen molar-refractivity contribution in [3.8, 4) is 0 Å². The Kier molecular flexibility index (Phi) is 5.03. The maximum atomic E-state index is 12.9. The van der Waals surface area contributed by atoms with E-state index < -0.39 is 10.0 Å². The van der Waals surface area contributed by atoms with Crippen molar-refractivity contribution in [1.29, 1.82) is 0 Å². The Bertz CT molecular complexity index is 961. The van der Waals surface area contributed by atoms with Gasteiger partial charge in [0.05, 0.1) is 16.3 Å². The van der Waals surface area contributed by atoms with Gasteiger partial charge in [0, 0.05) is 24.1 Å². The Balaban J connectivity index is 2.01. The minimum Gasteiger partial charge on any atom is -0.311 e. The average molecular weight is 391 g/mol. The van der Waals surface area contributed by atoms with E-state index in [0.29, 0.717) is 17.9 Å². The topological polar surface area (TPSA) is 66.5 Å². The molecular formula is C19H22N2O3S2. The van der Waals surface area contributed by atoms with Gasteiger partial charge in [0.2, 0.25) is 5.91 Å². The number of thioether (sulfide) groups is 1. The van der Waals surface area contributed by atoms with E-state index in [-0.39, 0.29) is 10.8 Å². The summed E-state index contributed by atoms with van der Waals surface area (Å²) in [5.41, 5.74) is 4.11. The first-order chi connectivity index (χ1) is 12.2. The van der Waals surface area contributed by atoms with Gasteiger partial charge in [-0.05, 0) is 50.1 Å². The van der Waals surface area contributed by atoms with E-state index >= 15 is 0 Å². The standard InChI is InChI=1S/C19H22N2O3S2/c1-12-9-13(2)19(14(3)10-12)20-26(23,24)16-5-6-18-17(11-16)21(15(4)22)7-8-25-18/h5-6,9-11,20H,7-8H2,1-4H3. The van der Waals surface area contributed by atoms with E-state index in [0.717, 1.165) is 27.3 Å². The second-order valence-electron chi connectivity index (χ2n) is 6.53. The molecule has 0 atom stereocenters. The van der Waals surface area contributed by atoms with E-state index in [1.807, 2.05) is 32.9 Å². The van der Waals surface area contributed by atoms with Gasteiger partial charge in [-0.25, -0.2) is 8.42 Å². The van der Waals surface area contributed by atoms with Gasteiger partial charge >= 0.3 is 0 Å². The molecule has 0 radical (unpaired) electrons. The van der Waals surface area contributed by atoms with Gasteiger partial charge in [0.25, 0.3) is 10.0 Å². The Morgan fingerprint density at radius 1 is 1.12 bits per heavy atom. The molecule has 0 aliphatic carbocycles. The van der Waals surface area contributed by atoms with Gasteiger partial charge in [-0.15, -0.1) is 11.8 Å². The summed E-state index contributed by atoms with van der Waals surface area (Å²) in [7, 11) is -3.75. The van der Waals surface area contributed by atoms with Gasteiger partial charge in [-0.2, -0.15) is 0 Å². The van der Waals surface area contributed by atoms with Crippen molar-refractivity contribution in [3.05, 3.63) is 47.0 Å². The van der Waals surface area contributed by atoms with Crippen LogP contribution in [0.15, 0.2) is 40.1 Å². The smallest absolute Gasteiger partial charge is 0.261 e. The molecule has 5 nitrogen and oxygen atoms in total. The third-order valence-electron chi connectivity index (χ3n) is 4.40. The lowest BCUT2D eigenvalue weighted by molar-refractivity contribution is -0.116. The molecule has 138 valence electrons. The number of hydrogen-bond acceptors (Lipinski definition) is 4. The number of aryl methyl sites for hydroxylation is 3. The summed E-state index contributed by atoms with van der Waals surface area (Å²) in [5.74, 6) is 0.720. The summed E-state index contributed by atoms with van der Waals surface area (Å²) in [5, 5.41) is 0. The number of hydrogen-bond donors (Lipinski definition) is 1. The highest BCUT2D eigenvalue weighted by Crippen LogP contribution is 2.37. The molecule has 0 saturated heterocycles. The molecule has 2 aromatic rings. The van der Waals surface area contributed by atoms with Crippen LogP contribution in [0.3, 0.4) is 0 Å². The van der Waals surface area contributed by atoms with Gasteiger partial charge in [-0.1, -0.05) is 17.7 Å². The predicted molar refractivity (Wildman–Crippen MR) is 107 cm³/mol. The quantitative estimate of drug-likeness (QED) is 0.864. The summed E-state index contributed by atoms with van der Waals surface area (Å²) in [6.07, 6.45) is 0. The fraction of sp³-hybridized carbons (Fsp3) is 0.316. The van der Waals surface area contributed by atoms with Crippen LogP contribution < -0.4 is 9.62 Å². The number of benzene rings is 2. The van der Waals surface area contributed by atoms with E-state index in [4.69, 9.17) is 0 Å². The lowest BCUT2D eigenvalue weighted by Crippen LogP contribution is -2.33. The first-order valence-corrected chi connectivity index (χ1v) is 10.8. The van der Waals surface area contributed by atoms with E-state index in [1.165, 1.54) is 6.92 Å². The largest absolute Gasteiger partial charge is 0.311 e. The van der Waals surface area contributed by atoms with Crippen molar-refractivity contribution in [2.24, 2.45) is 0 Å². The third-order valence-corrected chi connectivity index (χ3v) is 6.79. The summed E-state index contributed by atoms with van der Waals surface area (Å²) < 4.78 is 28.6. The third kappa shape index (κ3) is 3.59. The second kappa shape index (κ2) is 6.96. The molecule has 1 aliphatic rings. The Morgan fingerprint density at radius 2 is 1.77 bits per heavy atom. The van der Waals surface area contributed by atoms with Crippen LogP contribution in [0.5, 0.6) is 0 Å². The molecular weight excluding hydrogens is 368 g/mol. The molecule has 0 aromatic heterocycles. The van der Waals surface area contributed by atoms with Crippen LogP contribution in [0.4, 0.5) is 11.4 Å². The normalized spacial score (nSPS) is 14.1. The van der Waals surface area contributed by atoms with Gasteiger partial charge in [-0.3, -0.25) is 9.52 Å². The minimum absolute atomic E-state index is 0.0840. The molecule has 0 fully saturated rings. The molecule has 1 aliphatic heterocycles. The van der Waals surface area contributed by atoms with Crippen molar-refractivity contribution in [2.75, 3.05) is 21.9 Å². The number of nitrogens with zero attached hydrogens (tertiary/aromatic N) is 1. The molecule has 1 N–H and O–H groups in total. The van der Waals surface area contributed by atoms with Gasteiger partial charge < -0.3 is 4.90 Å². The van der Waals surface area contributed by atoms with Crippen molar-refractivity contribution in [3.63, 3.8) is 0 Å². The van der Waals surface area contributed by atoms with Crippen LogP contribution >= 0.6 is 11.8 Å². The van der Waals surface area contributed by atoms with E-state index in [9.17, 15) is 13.2 Å². The van der Waals surface area contributed by atoms with Crippen molar-refractivity contribution in [1.82, 2.24) is 0 Å². The Labute approximate surface area is 158 Å². The van der Waals surface area contributed by atoms with Crippen LogP contribution in [0, 0.1) is 20.8 Å². The fourth-order valence-corrected chi connectivity index (χ4v) is 5.42. The number of nitrogens with one attached hydrogen (secondary N) is 1. The minimum atomic E-state index is -3.75. The van der Waals surface area contributed by atoms with Crippen molar-refractivity contribution < 1.29 is 13.2 Å². The molecule has 7 heteroatoms. The second-order valence-corrected chi connectivity index (χ2v) is 9.35. The molecule has 1 heterocycles. The highest BCUT2D eigenvalue weighted by atomic mass is 32.2. The highest BCUT2D eigenvalue weighted by molar-refractivity contribution is 7.99. The van der Waals surface area contributed by atoms with Crippen LogP contribution in [-0.2, 0) is 14.8 Å². The first kappa shape index (κ1) is 18.8. The van der Waals surface area contributed by atoms with Gasteiger partial charge in [0.1, 0.15) is 0 Å². The predicted octanol–water partition coefficient (Wildman–Crippen LogP) is 3.87. The summed E-state index contributed by atoms with van der Waals surface area (Å²) in [6.45, 7) is 7.84. The zero-order valence-corrected chi connectivity index (χ0v) is 16.9. The molecule has 0 saturated carbocycles. The van der Waals surface area contributed by atoms with E-state index in [1.54, 1.807) is 34.9 Å². The molecule has 2 aromatic carbocycles. The zero-order valence-electron chi connectivity index (χ0n) is 15.3. The Morgan fingerprint density at radius 3 is 2.38 bits per heavy atom. The van der Waals surface area contributed by atoms with Crippen molar-refractivity contribution in [2.45, 2.75) is 37.5 Å². The summed E-state index contributed by atoms with van der Waals surface area (Å²) in [6, 6.07) is 8.86. The Hall–Kier alpha value is -1.99. The summed E-state index contributed by atoms with van der Waals surface area (Å²) in [4.78, 5) is 14.6. The fourth-order valence-electron chi connectivity index (χ4n) is 3.23. The molecule has 0 bridgehead atoms. The number of anilines is 2.